The summed E-state index contributed by atoms with van der Waals surface area (Å²) in [6, 6.07) is 7.18. The number of aromatic nitrogens is 3. The highest BCUT2D eigenvalue weighted by Crippen LogP contribution is 2.41. The first-order valence-corrected chi connectivity index (χ1v) is 17.8. The van der Waals surface area contributed by atoms with Crippen LogP contribution < -0.4 is 0 Å². The number of fused-ring (bicyclic) bond motifs is 9. The molecule has 3 nitrogen and oxygen atoms in total. The number of benzene rings is 9. The molecule has 0 fully saturated rings. The van der Waals surface area contributed by atoms with E-state index >= 15 is 0 Å². The van der Waals surface area contributed by atoms with Gasteiger partial charge in [0.25, 0.3) is 0 Å². The third-order valence-electron chi connectivity index (χ3n) is 10.3. The lowest BCUT2D eigenvalue weighted by Gasteiger charge is -2.13. The molecule has 0 unspecified atom stereocenters. The molecular formula is C54H35N3. The van der Waals surface area contributed by atoms with Gasteiger partial charge in [0.15, 0.2) is 0 Å². The Hall–Kier alpha value is -7.62. The molecule has 0 bridgehead atoms. The maximum Gasteiger partial charge on any atom is 0.0667 e. The number of hydrogen-bond donors (Lipinski definition) is 0. The highest BCUT2D eigenvalue weighted by atomic mass is 15.0. The van der Waals surface area contributed by atoms with Crippen molar-refractivity contribution < 1.29 is 30.2 Å². The van der Waals surface area contributed by atoms with Crippen LogP contribution in [0.5, 0.6) is 0 Å². The van der Waals surface area contributed by atoms with Crippen LogP contribution in [0.2, 0.25) is 0 Å². The van der Waals surface area contributed by atoms with Gasteiger partial charge in [0, 0.05) is 43.7 Å². The van der Waals surface area contributed by atoms with Crippen LogP contribution in [0.25, 0.3) is 105 Å². The number of hydrogen-bond acceptors (Lipinski definition) is 0. The summed E-state index contributed by atoms with van der Waals surface area (Å²) >= 11 is 0. The SMILES string of the molecule is [2H]c1c([2H])c([2H])c2c(c1[2H])c1c(-n3c4c([2H])c([2H])c([2H])c([2H])c4c4c([2H])c([2H])c(-n5c6c([2H])c([2H])c([2H])c([2H])c6c6c([2H])c([2H])c([2H])c([2H])c65)c([2H])c43)c([2H])c([2H])c([2H])c1n2-c1ccc(-c2ccc(-c3ccccc3)cc2)cc1. The largest absolute Gasteiger partial charge is 0.309 e. The van der Waals surface area contributed by atoms with E-state index in [9.17, 15) is 16.4 Å². The van der Waals surface area contributed by atoms with E-state index in [4.69, 9.17) is 13.7 Å². The van der Waals surface area contributed by atoms with E-state index in [2.05, 4.69) is 0 Å². The van der Waals surface area contributed by atoms with E-state index in [0.717, 1.165) is 31.4 Å². The van der Waals surface area contributed by atoms with Gasteiger partial charge in [0.05, 0.1) is 68.9 Å². The molecule has 0 saturated heterocycles. The average Bonchev–Trinajstić information content (AvgIpc) is 4.15. The molecule has 0 atom stereocenters. The lowest BCUT2D eigenvalue weighted by Crippen LogP contribution is -1.98. The second kappa shape index (κ2) is 12.5. The van der Waals surface area contributed by atoms with Crippen LogP contribution in [0.15, 0.2) is 212 Å². The summed E-state index contributed by atoms with van der Waals surface area (Å²) < 4.78 is 206. The van der Waals surface area contributed by atoms with E-state index in [1.807, 2.05) is 54.6 Å². The average molecular weight is 748 g/mol. The molecular weight excluding hydrogens is 691 g/mol. The molecule has 266 valence electrons. The van der Waals surface area contributed by atoms with Crippen LogP contribution >= 0.6 is 0 Å². The van der Waals surface area contributed by atoms with Gasteiger partial charge in [-0.05, 0) is 82.7 Å². The van der Waals surface area contributed by atoms with Crippen molar-refractivity contribution in [2.75, 3.05) is 0 Å². The molecule has 3 aromatic heterocycles. The Morgan fingerprint density at radius 2 is 0.737 bits per heavy atom. The fraction of sp³-hybridized carbons (Fsp3) is 0. The van der Waals surface area contributed by atoms with E-state index in [-0.39, 0.29) is 27.5 Å². The Morgan fingerprint density at radius 1 is 0.298 bits per heavy atom. The van der Waals surface area contributed by atoms with Crippen molar-refractivity contribution in [2.45, 2.75) is 0 Å². The molecule has 0 amide bonds. The van der Waals surface area contributed by atoms with Crippen LogP contribution in [0.4, 0.5) is 0 Å². The fourth-order valence-corrected chi connectivity index (χ4v) is 7.75. The molecule has 0 aliphatic carbocycles. The molecule has 9 aromatic carbocycles. The summed E-state index contributed by atoms with van der Waals surface area (Å²) in [7, 11) is 0. The standard InChI is InChI=1S/C54H35N3/c1-2-13-36(14-3-1)37-25-27-38(28-26-37)39-29-31-40(32-30-39)55-50-22-11-7-18-46(50)54-51(55)23-12-24-52(54)57-49-21-10-6-17-44(49)45-34-33-41(35-53(45)57)56-47-19-8-4-15-42(47)43-16-5-9-20-48(43)56/h1-35H/i4D,5D,6D,7D,8D,9D,10D,11D,12D,15D,16D,17D,18D,19D,20D,21D,22D,23D,24D,33D,34D,35D. The van der Waals surface area contributed by atoms with Crippen molar-refractivity contribution in [3.63, 3.8) is 0 Å². The van der Waals surface area contributed by atoms with Gasteiger partial charge in [-0.2, -0.15) is 0 Å². The van der Waals surface area contributed by atoms with Crippen molar-refractivity contribution in [1.29, 1.82) is 0 Å². The molecule has 0 spiro atoms. The first kappa shape index (κ1) is 17.0. The first-order valence-electron chi connectivity index (χ1n) is 28.8. The summed E-state index contributed by atoms with van der Waals surface area (Å²) in [6.07, 6.45) is 0. The molecule has 3 heterocycles. The predicted molar refractivity (Wildman–Crippen MR) is 240 cm³/mol. The molecule has 0 radical (unpaired) electrons. The van der Waals surface area contributed by atoms with Gasteiger partial charge in [-0.25, -0.2) is 0 Å². The summed E-state index contributed by atoms with van der Waals surface area (Å²) in [5.41, 5.74) is -0.142. The molecule has 0 aliphatic rings. The van der Waals surface area contributed by atoms with Crippen LogP contribution in [-0.4, -0.2) is 13.7 Å². The molecule has 0 saturated carbocycles. The maximum atomic E-state index is 10.3. The number of para-hydroxylation sites is 4. The number of nitrogens with zero attached hydrogens (tertiary/aromatic N) is 3. The molecule has 0 N–H and O–H groups in total. The highest BCUT2D eigenvalue weighted by Gasteiger charge is 2.21. The van der Waals surface area contributed by atoms with Crippen molar-refractivity contribution in [1.82, 2.24) is 13.7 Å². The second-order valence-electron chi connectivity index (χ2n) is 13.3. The molecule has 12 rings (SSSR count). The normalized spacial score (nSPS) is 17.3. The van der Waals surface area contributed by atoms with Gasteiger partial charge in [-0.15, -0.1) is 0 Å². The van der Waals surface area contributed by atoms with Crippen molar-refractivity contribution in [3.8, 4) is 39.3 Å². The van der Waals surface area contributed by atoms with Crippen LogP contribution in [0.1, 0.15) is 30.2 Å². The summed E-state index contributed by atoms with van der Waals surface area (Å²) in [5, 5.41) is -2.42. The minimum Gasteiger partial charge on any atom is -0.309 e. The minimum atomic E-state index is -0.900. The lowest BCUT2D eigenvalue weighted by molar-refractivity contribution is 1.16. The first-order chi connectivity index (χ1) is 37.5. The molecule has 0 aliphatic heterocycles. The van der Waals surface area contributed by atoms with E-state index in [1.54, 1.807) is 24.3 Å². The van der Waals surface area contributed by atoms with Crippen LogP contribution in [0, 0.1) is 0 Å². The van der Waals surface area contributed by atoms with Crippen LogP contribution in [0.3, 0.4) is 0 Å². The molecule has 57 heavy (non-hydrogen) atoms. The third kappa shape index (κ3) is 4.79. The topological polar surface area (TPSA) is 14.8 Å². The van der Waals surface area contributed by atoms with Gasteiger partial charge in [-0.3, -0.25) is 0 Å². The zero-order valence-electron chi connectivity index (χ0n) is 51.3. The van der Waals surface area contributed by atoms with Gasteiger partial charge in [-0.1, -0.05) is 151 Å². The number of rotatable bonds is 5. The van der Waals surface area contributed by atoms with E-state index < -0.39 is 188 Å². The van der Waals surface area contributed by atoms with Crippen molar-refractivity contribution >= 4 is 65.4 Å². The third-order valence-corrected chi connectivity index (χ3v) is 10.3. The second-order valence-corrected chi connectivity index (χ2v) is 13.3. The monoisotopic (exact) mass is 747 g/mol. The fourth-order valence-electron chi connectivity index (χ4n) is 7.75. The zero-order valence-corrected chi connectivity index (χ0v) is 29.3. The van der Waals surface area contributed by atoms with Gasteiger partial charge >= 0.3 is 0 Å². The summed E-state index contributed by atoms with van der Waals surface area (Å²) in [5.74, 6) is 0. The molecule has 3 heteroatoms. The summed E-state index contributed by atoms with van der Waals surface area (Å²) in [4.78, 5) is 0. The Morgan fingerprint density at radius 3 is 1.33 bits per heavy atom. The minimum absolute atomic E-state index is 0.224. The lowest BCUT2D eigenvalue weighted by atomic mass is 10.0. The van der Waals surface area contributed by atoms with E-state index in [1.165, 1.54) is 4.57 Å². The predicted octanol–water partition coefficient (Wildman–Crippen LogP) is 14.3. The Kier molecular flexibility index (Phi) is 3.72. The maximum absolute atomic E-state index is 10.3. The summed E-state index contributed by atoms with van der Waals surface area (Å²) in [6.45, 7) is 0. The van der Waals surface area contributed by atoms with Gasteiger partial charge in [0.2, 0.25) is 0 Å². The quantitative estimate of drug-likeness (QED) is 0.167. The van der Waals surface area contributed by atoms with Crippen molar-refractivity contribution in [3.05, 3.63) is 212 Å². The van der Waals surface area contributed by atoms with Gasteiger partial charge < -0.3 is 13.7 Å². The van der Waals surface area contributed by atoms with Gasteiger partial charge in [0.1, 0.15) is 0 Å². The smallest absolute Gasteiger partial charge is 0.0667 e. The van der Waals surface area contributed by atoms with Crippen LogP contribution in [-0.2, 0) is 0 Å². The Bertz CT molecular complexity index is 4700. The van der Waals surface area contributed by atoms with Crippen molar-refractivity contribution in [2.24, 2.45) is 0 Å². The Balaban J connectivity index is 1.27. The van der Waals surface area contributed by atoms with E-state index in [0.29, 0.717) is 0 Å². The highest BCUT2D eigenvalue weighted by molar-refractivity contribution is 6.17. The zero-order chi connectivity index (χ0) is 56.6. The Labute approximate surface area is 360 Å². The molecule has 12 aromatic rings.